The molecule has 196 valence electrons. The maximum absolute atomic E-state index is 6.28. The van der Waals surface area contributed by atoms with Crippen LogP contribution in [0.2, 0.25) is 0 Å². The lowest BCUT2D eigenvalue weighted by Gasteiger charge is -2.12. The largest absolute Gasteiger partial charge is 0.486 e. The minimum absolute atomic E-state index is 0. The molecule has 0 amide bonds. The average molecular weight is 558 g/mol. The van der Waals surface area contributed by atoms with Crippen LogP contribution in [-0.2, 0) is 19.6 Å². The predicted molar refractivity (Wildman–Crippen MR) is 152 cm³/mol. The second kappa shape index (κ2) is 12.0. The molecule has 11 heteroatoms. The van der Waals surface area contributed by atoms with Gasteiger partial charge in [-0.3, -0.25) is 4.98 Å². The molecule has 0 saturated heterocycles. The number of tetrazole rings is 1. The zero-order valence-electron chi connectivity index (χ0n) is 20.9. The van der Waals surface area contributed by atoms with Gasteiger partial charge in [0.2, 0.25) is 11.7 Å². The average Bonchev–Trinajstić information content (AvgIpc) is 3.70. The molecule has 4 aromatic heterocycles. The Morgan fingerprint density at radius 2 is 1.72 bits per heavy atom. The molecule has 4 heterocycles. The van der Waals surface area contributed by atoms with Crippen LogP contribution in [0.1, 0.15) is 23.9 Å². The van der Waals surface area contributed by atoms with Crippen molar-refractivity contribution in [1.29, 1.82) is 0 Å². The van der Waals surface area contributed by atoms with Crippen molar-refractivity contribution in [3.05, 3.63) is 94.6 Å². The molecule has 0 aliphatic heterocycles. The molecule has 0 fully saturated rings. The summed E-state index contributed by atoms with van der Waals surface area (Å²) in [6, 6.07) is 22.0. The molecule has 0 bridgehead atoms. The molecule has 0 spiro atoms. The summed E-state index contributed by atoms with van der Waals surface area (Å²) in [5.74, 6) is 1.75. The number of fused-ring (bicyclic) bond motifs is 1. The highest BCUT2D eigenvalue weighted by atomic mass is 35.5. The first-order valence-electron chi connectivity index (χ1n) is 12.1. The van der Waals surface area contributed by atoms with Crippen molar-refractivity contribution in [2.24, 2.45) is 0 Å². The van der Waals surface area contributed by atoms with Crippen LogP contribution in [0.5, 0.6) is 11.6 Å². The van der Waals surface area contributed by atoms with E-state index in [2.05, 4.69) is 56.8 Å². The third-order valence-corrected chi connectivity index (χ3v) is 6.67. The highest BCUT2D eigenvalue weighted by Gasteiger charge is 2.13. The van der Waals surface area contributed by atoms with E-state index in [9.17, 15) is 0 Å². The van der Waals surface area contributed by atoms with Crippen molar-refractivity contribution in [2.45, 2.75) is 26.6 Å². The highest BCUT2D eigenvalue weighted by molar-refractivity contribution is 7.07. The van der Waals surface area contributed by atoms with Crippen LogP contribution in [0.3, 0.4) is 0 Å². The van der Waals surface area contributed by atoms with Crippen LogP contribution >= 0.6 is 23.7 Å². The lowest BCUT2D eigenvalue weighted by Crippen LogP contribution is -2.02. The van der Waals surface area contributed by atoms with Crippen molar-refractivity contribution in [3.8, 4) is 34.1 Å². The van der Waals surface area contributed by atoms with E-state index in [0.29, 0.717) is 36.2 Å². The summed E-state index contributed by atoms with van der Waals surface area (Å²) in [7, 11) is 0. The molecule has 1 N–H and O–H groups in total. The van der Waals surface area contributed by atoms with Crippen molar-refractivity contribution >= 4 is 34.8 Å². The first kappa shape index (κ1) is 26.2. The van der Waals surface area contributed by atoms with Crippen LogP contribution in [0.25, 0.3) is 33.5 Å². The summed E-state index contributed by atoms with van der Waals surface area (Å²) in [6.45, 7) is 2.82. The zero-order valence-corrected chi connectivity index (χ0v) is 22.6. The van der Waals surface area contributed by atoms with Gasteiger partial charge in [0.05, 0.1) is 16.7 Å². The summed E-state index contributed by atoms with van der Waals surface area (Å²) < 4.78 is 12.1. The summed E-state index contributed by atoms with van der Waals surface area (Å²) in [4.78, 5) is 13.7. The Balaban J connectivity index is 0.00000308. The summed E-state index contributed by atoms with van der Waals surface area (Å²) in [5.41, 5.74) is 9.08. The molecule has 0 aliphatic rings. The number of pyridine rings is 2. The van der Waals surface area contributed by atoms with E-state index in [0.717, 1.165) is 45.6 Å². The Labute approximate surface area is 234 Å². The number of nitrogens with zero attached hydrogens (tertiary/aromatic N) is 6. The van der Waals surface area contributed by atoms with Gasteiger partial charge in [0.15, 0.2) is 0 Å². The van der Waals surface area contributed by atoms with Gasteiger partial charge < -0.3 is 9.47 Å². The van der Waals surface area contributed by atoms with E-state index in [1.54, 1.807) is 5.51 Å². The van der Waals surface area contributed by atoms with E-state index in [1.807, 2.05) is 47.8 Å². The number of hydrogen-bond donors (Lipinski definition) is 1. The number of aromatic nitrogens is 7. The lowest BCUT2D eigenvalue weighted by molar-refractivity contribution is 0.289. The zero-order chi connectivity index (χ0) is 25.7. The van der Waals surface area contributed by atoms with Crippen LogP contribution in [0.15, 0.2) is 77.6 Å². The molecule has 0 atom stereocenters. The van der Waals surface area contributed by atoms with Gasteiger partial charge in [-0.15, -0.1) is 33.9 Å². The van der Waals surface area contributed by atoms with Gasteiger partial charge in [-0.05, 0) is 34.4 Å². The van der Waals surface area contributed by atoms with Gasteiger partial charge in [-0.1, -0.05) is 55.5 Å². The minimum Gasteiger partial charge on any atom is -0.486 e. The van der Waals surface area contributed by atoms with Gasteiger partial charge >= 0.3 is 0 Å². The molecule has 0 aliphatic carbocycles. The fourth-order valence-corrected chi connectivity index (χ4v) is 4.63. The molecule has 0 saturated carbocycles. The molecule has 2 aromatic carbocycles. The molecule has 0 radical (unpaired) electrons. The smallest absolute Gasteiger partial charge is 0.214 e. The van der Waals surface area contributed by atoms with E-state index in [1.165, 1.54) is 11.3 Å². The second-order valence-corrected chi connectivity index (χ2v) is 9.24. The van der Waals surface area contributed by atoms with E-state index < -0.39 is 0 Å². The molecule has 39 heavy (non-hydrogen) atoms. The van der Waals surface area contributed by atoms with Crippen molar-refractivity contribution in [3.63, 3.8) is 0 Å². The van der Waals surface area contributed by atoms with Crippen LogP contribution in [-0.4, -0.2) is 35.6 Å². The van der Waals surface area contributed by atoms with Gasteiger partial charge in [-0.2, -0.15) is 5.21 Å². The Morgan fingerprint density at radius 3 is 2.46 bits per heavy atom. The summed E-state index contributed by atoms with van der Waals surface area (Å²) in [6.07, 6.45) is 0.795. The Kier molecular flexibility index (Phi) is 8.04. The molecule has 6 rings (SSSR count). The number of nitrogens with one attached hydrogen (secondary N) is 1. The van der Waals surface area contributed by atoms with E-state index >= 15 is 0 Å². The van der Waals surface area contributed by atoms with Crippen molar-refractivity contribution < 1.29 is 9.47 Å². The van der Waals surface area contributed by atoms with Crippen LogP contribution < -0.4 is 9.47 Å². The number of H-pyrrole nitrogens is 1. The number of ether oxygens (including phenoxy) is 2. The normalized spacial score (nSPS) is 10.8. The predicted octanol–water partition coefficient (Wildman–Crippen LogP) is 6.08. The van der Waals surface area contributed by atoms with Gasteiger partial charge in [0.25, 0.3) is 0 Å². The fraction of sp³-hybridized carbons (Fsp3) is 0.143. The van der Waals surface area contributed by atoms with Crippen LogP contribution in [0, 0.1) is 0 Å². The van der Waals surface area contributed by atoms with Crippen molar-refractivity contribution in [1.82, 2.24) is 35.6 Å². The third-order valence-electron chi connectivity index (χ3n) is 6.03. The third kappa shape index (κ3) is 5.87. The highest BCUT2D eigenvalue weighted by Crippen LogP contribution is 2.31. The minimum atomic E-state index is 0. The maximum Gasteiger partial charge on any atom is 0.214 e. The second-order valence-electron chi connectivity index (χ2n) is 8.52. The molecular weight excluding hydrogens is 534 g/mol. The monoisotopic (exact) mass is 557 g/mol. The number of hydrogen-bond acceptors (Lipinski definition) is 9. The molecular formula is C28H24ClN7O2S. The SMILES string of the molecule is CCc1cc(OCc2ccc(-c3ccccc3-c3nn[nH]n3)cc2)c2nc(OCc3cscn3)ccc2n1.Cl. The Bertz CT molecular complexity index is 1660. The summed E-state index contributed by atoms with van der Waals surface area (Å²) >= 11 is 1.54. The Morgan fingerprint density at radius 1 is 0.872 bits per heavy atom. The number of thiazole rings is 1. The topological polar surface area (TPSA) is 112 Å². The number of aryl methyl sites for hydroxylation is 1. The number of benzene rings is 2. The number of halogens is 1. The van der Waals surface area contributed by atoms with Gasteiger partial charge in [0.1, 0.15) is 24.5 Å². The fourth-order valence-electron chi connectivity index (χ4n) is 4.09. The van der Waals surface area contributed by atoms with E-state index in [4.69, 9.17) is 19.4 Å². The van der Waals surface area contributed by atoms with E-state index in [-0.39, 0.29) is 12.4 Å². The number of aromatic amines is 1. The number of rotatable bonds is 9. The molecule has 6 aromatic rings. The quantitative estimate of drug-likeness (QED) is 0.228. The van der Waals surface area contributed by atoms with Gasteiger partial charge in [0, 0.05) is 28.8 Å². The maximum atomic E-state index is 6.28. The van der Waals surface area contributed by atoms with Gasteiger partial charge in [-0.25, -0.2) is 9.97 Å². The standard InChI is InChI=1S/C28H23N7O2S.ClH/c1-2-20-13-25(27-24(30-20)11-12-26(31-27)37-15-21-16-38-17-29-21)36-14-18-7-9-19(10-8-18)22-5-3-4-6-23(22)28-32-34-35-33-28;/h3-13,16-17H,2,14-15H2,1H3,(H,32,33,34,35);1H. The Hall–Kier alpha value is -4.41. The first-order chi connectivity index (χ1) is 18.8. The lowest BCUT2D eigenvalue weighted by atomic mass is 9.98. The summed E-state index contributed by atoms with van der Waals surface area (Å²) in [5, 5.41) is 16.4. The molecule has 9 nitrogen and oxygen atoms in total. The molecule has 0 unspecified atom stereocenters. The van der Waals surface area contributed by atoms with Crippen LogP contribution in [0.4, 0.5) is 0 Å². The van der Waals surface area contributed by atoms with Crippen molar-refractivity contribution in [2.75, 3.05) is 0 Å². The first-order valence-corrected chi connectivity index (χ1v) is 13.1.